The van der Waals surface area contributed by atoms with Gasteiger partial charge in [-0.2, -0.15) is 9.19 Å². The molecule has 1 unspecified atom stereocenters. The van der Waals surface area contributed by atoms with Gasteiger partial charge in [0, 0.05) is 43.6 Å². The molecule has 1 atom stereocenters. The number of rotatable bonds is 9. The van der Waals surface area contributed by atoms with Gasteiger partial charge in [-0.3, -0.25) is 4.79 Å². The van der Waals surface area contributed by atoms with Crippen molar-refractivity contribution in [2.24, 2.45) is 0 Å². The summed E-state index contributed by atoms with van der Waals surface area (Å²) in [6.45, 7) is 10.2. The van der Waals surface area contributed by atoms with Gasteiger partial charge in [0.25, 0.3) is 15.9 Å². The largest absolute Gasteiger partial charge is 0.444 e. The van der Waals surface area contributed by atoms with Crippen LogP contribution in [-0.4, -0.2) is 85.5 Å². The van der Waals surface area contributed by atoms with Crippen molar-refractivity contribution in [2.75, 3.05) is 23.7 Å². The molecule has 1 saturated heterocycles. The molecule has 2 amide bonds. The van der Waals surface area contributed by atoms with E-state index >= 15 is 0 Å². The molecule has 0 aromatic carbocycles. The zero-order valence-corrected chi connectivity index (χ0v) is 25.7. The van der Waals surface area contributed by atoms with E-state index < -0.39 is 21.7 Å². The number of carbonyl (C=O) groups is 2. The van der Waals surface area contributed by atoms with Gasteiger partial charge in [0.05, 0.1) is 34.5 Å². The summed E-state index contributed by atoms with van der Waals surface area (Å²) in [5.41, 5.74) is 0.815. The monoisotopic (exact) mass is 611 g/mol. The number of nitrogens with zero attached hydrogens (tertiary/aromatic N) is 6. The van der Waals surface area contributed by atoms with Gasteiger partial charge in [-0.05, 0) is 59.9 Å². The number of carbonyl (C=O) groups excluding carboxylic acids is 2. The van der Waals surface area contributed by atoms with E-state index in [1.807, 2.05) is 34.6 Å². The lowest BCUT2D eigenvalue weighted by atomic mass is 10.1. The summed E-state index contributed by atoms with van der Waals surface area (Å²) in [5.74, 6) is 0.862. The molecule has 2 aliphatic rings. The van der Waals surface area contributed by atoms with Crippen LogP contribution in [0.2, 0.25) is 0 Å². The number of ether oxygens (including phenoxy) is 1. The zero-order valence-electron chi connectivity index (χ0n) is 24.9. The Hall–Kier alpha value is -4.27. The summed E-state index contributed by atoms with van der Waals surface area (Å²) >= 11 is 0. The van der Waals surface area contributed by atoms with E-state index in [1.54, 1.807) is 23.2 Å². The van der Waals surface area contributed by atoms with Crippen molar-refractivity contribution >= 4 is 39.3 Å². The molecule has 5 rings (SSSR count). The first-order chi connectivity index (χ1) is 20.3. The molecule has 1 saturated carbocycles. The minimum absolute atomic E-state index is 0.0325. The van der Waals surface area contributed by atoms with Crippen molar-refractivity contribution in [3.05, 3.63) is 42.5 Å². The number of amides is 2. The van der Waals surface area contributed by atoms with Crippen molar-refractivity contribution < 1.29 is 22.7 Å². The maximum absolute atomic E-state index is 13.3. The molecule has 3 aromatic rings. The average molecular weight is 612 g/mol. The highest BCUT2D eigenvalue weighted by atomic mass is 32.2. The summed E-state index contributed by atoms with van der Waals surface area (Å²) < 4.78 is 31.4. The molecule has 0 spiro atoms. The van der Waals surface area contributed by atoms with E-state index in [0.717, 1.165) is 4.09 Å². The van der Waals surface area contributed by atoms with Crippen LogP contribution in [0.5, 0.6) is 0 Å². The van der Waals surface area contributed by atoms with Crippen molar-refractivity contribution in [2.45, 2.75) is 76.8 Å². The van der Waals surface area contributed by atoms with E-state index in [1.165, 1.54) is 18.6 Å². The van der Waals surface area contributed by atoms with Gasteiger partial charge in [0.1, 0.15) is 17.2 Å². The SMILES string of the molecule is CC(C)Nc1cc(Nc2ccnc(-c3cnn(S(=O)(=O)C4CC4)c3)n2)ncc1C(=O)NC1CCN(C(=O)OC(C)(C)C)C1. The second-order valence-corrected chi connectivity index (χ2v) is 14.1. The Morgan fingerprint density at radius 2 is 1.86 bits per heavy atom. The molecule has 230 valence electrons. The fraction of sp³-hybridized carbons (Fsp3) is 0.500. The molecule has 43 heavy (non-hydrogen) atoms. The third-order valence-electron chi connectivity index (χ3n) is 6.70. The number of likely N-dealkylation sites (tertiary alicyclic amines) is 1. The van der Waals surface area contributed by atoms with E-state index in [0.29, 0.717) is 66.6 Å². The highest BCUT2D eigenvalue weighted by Crippen LogP contribution is 2.30. The van der Waals surface area contributed by atoms with E-state index in [2.05, 4.69) is 36.0 Å². The Labute approximate surface area is 250 Å². The summed E-state index contributed by atoms with van der Waals surface area (Å²) in [5, 5.41) is 13.1. The van der Waals surface area contributed by atoms with E-state index in [4.69, 9.17) is 4.74 Å². The van der Waals surface area contributed by atoms with E-state index in [9.17, 15) is 18.0 Å². The Morgan fingerprint density at radius 1 is 1.09 bits per heavy atom. The number of hydrogen-bond donors (Lipinski definition) is 3. The maximum atomic E-state index is 13.3. The first-order valence-corrected chi connectivity index (χ1v) is 15.7. The predicted molar refractivity (Wildman–Crippen MR) is 161 cm³/mol. The van der Waals surface area contributed by atoms with Crippen molar-refractivity contribution in [3.63, 3.8) is 0 Å². The van der Waals surface area contributed by atoms with Crippen LogP contribution in [0.1, 0.15) is 64.2 Å². The Morgan fingerprint density at radius 3 is 2.56 bits per heavy atom. The summed E-state index contributed by atoms with van der Waals surface area (Å²) in [4.78, 5) is 40.5. The standard InChI is InChI=1S/C28H37N9O5S/c1-17(2)32-22-12-24(30-14-21(22)26(38)33-19-9-11-36(16-19)27(39)42-28(3,4)5)34-23-8-10-29-25(35-23)18-13-31-37(15-18)43(40,41)20-6-7-20/h8,10,12-15,17,19-20H,6-7,9,11,16H2,1-5H3,(H,33,38)(H2,29,30,32,34,35). The number of anilines is 3. The minimum Gasteiger partial charge on any atom is -0.444 e. The Bertz CT molecular complexity index is 1610. The highest BCUT2D eigenvalue weighted by molar-refractivity contribution is 7.90. The summed E-state index contributed by atoms with van der Waals surface area (Å²) in [7, 11) is -3.50. The van der Waals surface area contributed by atoms with Gasteiger partial charge in [0.15, 0.2) is 5.82 Å². The third-order valence-corrected chi connectivity index (χ3v) is 8.74. The van der Waals surface area contributed by atoms with Crippen LogP contribution in [-0.2, 0) is 14.8 Å². The first-order valence-electron chi connectivity index (χ1n) is 14.2. The fourth-order valence-electron chi connectivity index (χ4n) is 4.55. The van der Waals surface area contributed by atoms with Gasteiger partial charge in [0.2, 0.25) is 0 Å². The van der Waals surface area contributed by atoms with Gasteiger partial charge in [-0.15, -0.1) is 0 Å². The second-order valence-electron chi connectivity index (χ2n) is 12.0. The predicted octanol–water partition coefficient (Wildman–Crippen LogP) is 3.38. The van der Waals surface area contributed by atoms with Crippen molar-refractivity contribution in [1.29, 1.82) is 0 Å². The zero-order chi connectivity index (χ0) is 30.9. The van der Waals surface area contributed by atoms with Crippen LogP contribution in [0, 0.1) is 0 Å². The molecule has 0 bridgehead atoms. The molecular weight excluding hydrogens is 574 g/mol. The van der Waals surface area contributed by atoms with Crippen LogP contribution >= 0.6 is 0 Å². The molecule has 0 radical (unpaired) electrons. The lowest BCUT2D eigenvalue weighted by molar-refractivity contribution is 0.0290. The molecule has 1 aliphatic carbocycles. The fourth-order valence-corrected chi connectivity index (χ4v) is 6.02. The minimum atomic E-state index is -3.50. The first kappa shape index (κ1) is 30.2. The Balaban J connectivity index is 1.28. The van der Waals surface area contributed by atoms with E-state index in [-0.39, 0.29) is 23.2 Å². The van der Waals surface area contributed by atoms with Crippen molar-refractivity contribution in [3.8, 4) is 11.4 Å². The molecule has 2 fully saturated rings. The molecule has 4 heterocycles. The molecule has 14 nitrogen and oxygen atoms in total. The van der Waals surface area contributed by atoms with Crippen LogP contribution in [0.25, 0.3) is 11.4 Å². The van der Waals surface area contributed by atoms with Crippen LogP contribution in [0.15, 0.2) is 36.9 Å². The smallest absolute Gasteiger partial charge is 0.410 e. The van der Waals surface area contributed by atoms with Crippen molar-refractivity contribution in [1.82, 2.24) is 34.4 Å². The summed E-state index contributed by atoms with van der Waals surface area (Å²) in [6.07, 6.45) is 7.38. The summed E-state index contributed by atoms with van der Waals surface area (Å²) in [6, 6.07) is 3.19. The second kappa shape index (κ2) is 11.8. The number of hydrogen-bond acceptors (Lipinski definition) is 11. The Kier molecular flexibility index (Phi) is 8.27. The van der Waals surface area contributed by atoms with Crippen LogP contribution < -0.4 is 16.0 Å². The van der Waals surface area contributed by atoms with Gasteiger partial charge >= 0.3 is 6.09 Å². The molecular formula is C28H37N9O5S. The molecule has 3 N–H and O–H groups in total. The normalized spacial score (nSPS) is 17.2. The topological polar surface area (TPSA) is 173 Å². The van der Waals surface area contributed by atoms with Gasteiger partial charge < -0.3 is 25.6 Å². The number of aromatic nitrogens is 5. The lowest BCUT2D eigenvalue weighted by Gasteiger charge is -2.24. The third kappa shape index (κ3) is 7.39. The lowest BCUT2D eigenvalue weighted by Crippen LogP contribution is -2.40. The highest BCUT2D eigenvalue weighted by Gasteiger charge is 2.38. The van der Waals surface area contributed by atoms with Crippen LogP contribution in [0.4, 0.5) is 22.1 Å². The molecule has 15 heteroatoms. The van der Waals surface area contributed by atoms with Gasteiger partial charge in [-0.1, -0.05) is 0 Å². The van der Waals surface area contributed by atoms with Crippen LogP contribution in [0.3, 0.4) is 0 Å². The maximum Gasteiger partial charge on any atom is 0.410 e. The molecule has 1 aliphatic heterocycles. The number of pyridine rings is 1. The quantitative estimate of drug-likeness (QED) is 0.324. The molecule has 3 aromatic heterocycles. The van der Waals surface area contributed by atoms with Gasteiger partial charge in [-0.25, -0.2) is 28.2 Å². The average Bonchev–Trinajstić information content (AvgIpc) is 3.48. The number of nitrogens with one attached hydrogen (secondary N) is 3.